The van der Waals surface area contributed by atoms with Gasteiger partial charge in [-0.05, 0) is 12.8 Å². The van der Waals surface area contributed by atoms with Crippen molar-refractivity contribution in [3.8, 4) is 0 Å². The van der Waals surface area contributed by atoms with Crippen LogP contribution in [0.25, 0.3) is 5.57 Å². The number of allylic oxidation sites excluding steroid dienone is 6. The van der Waals surface area contributed by atoms with Crippen LogP contribution < -0.4 is 0 Å². The Bertz CT molecular complexity index is 441. The van der Waals surface area contributed by atoms with Crippen LogP contribution in [-0.2, 0) is 0 Å². The third-order valence-corrected chi connectivity index (χ3v) is 2.21. The quantitative estimate of drug-likeness (QED) is 0.796. The van der Waals surface area contributed by atoms with Crippen molar-refractivity contribution < 1.29 is 14.4 Å². The molecule has 0 spiro atoms. The fourth-order valence-electron chi connectivity index (χ4n) is 1.43. The Hall–Kier alpha value is -1.94. The summed E-state index contributed by atoms with van der Waals surface area (Å²) in [5.74, 6) is 0. The molecule has 4 heteroatoms. The molecule has 0 saturated heterocycles. The van der Waals surface area contributed by atoms with E-state index in [9.17, 15) is 4.79 Å². The molecule has 0 saturated carbocycles. The molecule has 0 radical (unpaired) electrons. The highest BCUT2D eigenvalue weighted by molar-refractivity contribution is 5.86. The molecule has 1 aliphatic rings. The highest BCUT2D eigenvalue weighted by Gasteiger charge is 2.09. The van der Waals surface area contributed by atoms with Gasteiger partial charge in [-0.15, -0.1) is 0 Å². The predicted octanol–water partition coefficient (Wildman–Crippen LogP) is 2.39. The number of aliphatic hydroxyl groups is 1. The van der Waals surface area contributed by atoms with Crippen molar-refractivity contribution in [3.63, 3.8) is 0 Å². The second-order valence-electron chi connectivity index (χ2n) is 3.27. The number of rotatable bonds is 2. The molecule has 1 aliphatic carbocycles. The largest absolute Gasteiger partial charge is 0.400 e. The van der Waals surface area contributed by atoms with Crippen LogP contribution in [0.3, 0.4) is 0 Å². The van der Waals surface area contributed by atoms with Crippen molar-refractivity contribution in [3.05, 3.63) is 47.9 Å². The first kappa shape index (κ1) is 13.1. The zero-order valence-corrected chi connectivity index (χ0v) is 9.67. The molecule has 0 unspecified atom stereocenters. The van der Waals surface area contributed by atoms with Crippen molar-refractivity contribution in [1.29, 1.82) is 0 Å². The van der Waals surface area contributed by atoms with Gasteiger partial charge in [-0.1, -0.05) is 35.5 Å². The number of carbonyl (C=O) groups excluding carboxylic acids is 1. The number of aldehydes is 1. The fourth-order valence-corrected chi connectivity index (χ4v) is 1.43. The summed E-state index contributed by atoms with van der Waals surface area (Å²) >= 11 is 0. The molecular weight excluding hydrogens is 218 g/mol. The predicted molar refractivity (Wildman–Crippen MR) is 65.5 cm³/mol. The Kier molecular flexibility index (Phi) is 5.68. The zero-order valence-electron chi connectivity index (χ0n) is 9.67. The summed E-state index contributed by atoms with van der Waals surface area (Å²) in [6.07, 6.45) is 14.2. The summed E-state index contributed by atoms with van der Waals surface area (Å²) in [5.41, 5.74) is 1.99. The van der Waals surface area contributed by atoms with Crippen LogP contribution in [0.4, 0.5) is 0 Å². The standard InChI is InChI=1S/C12H11NO2.CH4O/c14-8-11-9-15-13-12(11)10-6-4-2-1-3-5-7-10;1-2/h2,4-9H,1,3H2;2H,1H3/b4-2-,7-5-,10-6+;. The van der Waals surface area contributed by atoms with E-state index in [2.05, 4.69) is 17.3 Å². The zero-order chi connectivity index (χ0) is 12.5. The average molecular weight is 233 g/mol. The Morgan fingerprint density at radius 1 is 1.35 bits per heavy atom. The van der Waals surface area contributed by atoms with Gasteiger partial charge in [-0.25, -0.2) is 0 Å². The van der Waals surface area contributed by atoms with Gasteiger partial charge in [-0.2, -0.15) is 0 Å². The van der Waals surface area contributed by atoms with E-state index in [0.29, 0.717) is 11.3 Å². The van der Waals surface area contributed by atoms with Crippen LogP contribution in [0.15, 0.2) is 41.2 Å². The van der Waals surface area contributed by atoms with E-state index in [4.69, 9.17) is 9.63 Å². The van der Waals surface area contributed by atoms with Crippen LogP contribution in [0.1, 0.15) is 28.9 Å². The van der Waals surface area contributed by atoms with Crippen molar-refractivity contribution in [2.45, 2.75) is 12.8 Å². The van der Waals surface area contributed by atoms with Crippen molar-refractivity contribution in [1.82, 2.24) is 5.16 Å². The lowest BCUT2D eigenvalue weighted by Gasteiger charge is -1.99. The van der Waals surface area contributed by atoms with Gasteiger partial charge in [0.05, 0.1) is 5.56 Å². The summed E-state index contributed by atoms with van der Waals surface area (Å²) < 4.78 is 4.78. The van der Waals surface area contributed by atoms with E-state index in [1.54, 1.807) is 0 Å². The second kappa shape index (κ2) is 7.35. The van der Waals surface area contributed by atoms with Gasteiger partial charge in [-0.3, -0.25) is 4.79 Å². The van der Waals surface area contributed by atoms with Gasteiger partial charge < -0.3 is 9.63 Å². The highest BCUT2D eigenvalue weighted by Crippen LogP contribution is 2.19. The molecule has 2 rings (SSSR count). The monoisotopic (exact) mass is 233 g/mol. The number of aromatic nitrogens is 1. The van der Waals surface area contributed by atoms with Gasteiger partial charge in [0.2, 0.25) is 0 Å². The lowest BCUT2D eigenvalue weighted by atomic mass is 10.1. The van der Waals surface area contributed by atoms with Gasteiger partial charge in [0, 0.05) is 12.7 Å². The minimum Gasteiger partial charge on any atom is -0.400 e. The van der Waals surface area contributed by atoms with Crippen LogP contribution in [-0.4, -0.2) is 23.7 Å². The molecule has 1 aromatic heterocycles. The fraction of sp³-hybridized carbons (Fsp3) is 0.231. The van der Waals surface area contributed by atoms with Crippen LogP contribution >= 0.6 is 0 Å². The van der Waals surface area contributed by atoms with E-state index in [1.807, 2.05) is 18.2 Å². The molecule has 17 heavy (non-hydrogen) atoms. The third-order valence-electron chi connectivity index (χ3n) is 2.21. The molecule has 0 aliphatic heterocycles. The van der Waals surface area contributed by atoms with Crippen LogP contribution in [0.2, 0.25) is 0 Å². The molecular formula is C13H15NO3. The molecule has 0 fully saturated rings. The van der Waals surface area contributed by atoms with Crippen molar-refractivity contribution in [2.75, 3.05) is 7.11 Å². The van der Waals surface area contributed by atoms with Crippen molar-refractivity contribution >= 4 is 11.9 Å². The molecule has 0 aromatic carbocycles. The normalized spacial score (nSPS) is 20.9. The molecule has 0 amide bonds. The summed E-state index contributed by atoms with van der Waals surface area (Å²) in [6.45, 7) is 0. The smallest absolute Gasteiger partial charge is 0.155 e. The maximum absolute atomic E-state index is 10.7. The lowest BCUT2D eigenvalue weighted by molar-refractivity contribution is 0.112. The minimum absolute atomic E-state index is 0.486. The van der Waals surface area contributed by atoms with Crippen molar-refractivity contribution in [2.24, 2.45) is 0 Å². The lowest BCUT2D eigenvalue weighted by Crippen LogP contribution is -1.88. The molecule has 4 nitrogen and oxygen atoms in total. The summed E-state index contributed by atoms with van der Waals surface area (Å²) in [7, 11) is 1.00. The Morgan fingerprint density at radius 3 is 2.88 bits per heavy atom. The number of carbonyl (C=O) groups is 1. The third kappa shape index (κ3) is 3.53. The topological polar surface area (TPSA) is 63.3 Å². The maximum atomic E-state index is 10.7. The second-order valence-corrected chi connectivity index (χ2v) is 3.27. The summed E-state index contributed by atoms with van der Waals surface area (Å²) in [5, 5.41) is 10.8. The average Bonchev–Trinajstić information content (AvgIpc) is 2.79. The number of nitrogens with zero attached hydrogens (tertiary/aromatic N) is 1. The number of hydrogen-bond acceptors (Lipinski definition) is 4. The van der Waals surface area contributed by atoms with Crippen LogP contribution in [0, 0.1) is 0 Å². The molecule has 0 bridgehead atoms. The first-order valence-electron chi connectivity index (χ1n) is 5.30. The van der Waals surface area contributed by atoms with E-state index in [-0.39, 0.29) is 0 Å². The van der Waals surface area contributed by atoms with Gasteiger partial charge in [0.25, 0.3) is 0 Å². The first-order valence-corrected chi connectivity index (χ1v) is 5.30. The van der Waals surface area contributed by atoms with Gasteiger partial charge >= 0.3 is 0 Å². The Morgan fingerprint density at radius 2 is 2.12 bits per heavy atom. The highest BCUT2D eigenvalue weighted by atomic mass is 16.5. The Labute approximate surface area is 99.9 Å². The van der Waals surface area contributed by atoms with Gasteiger partial charge in [0.1, 0.15) is 12.0 Å². The molecule has 1 heterocycles. The SMILES string of the molecule is CO.O=Cc1conc1C1=C/C=C\CC/C=C\1. The first-order chi connectivity index (χ1) is 8.42. The van der Waals surface area contributed by atoms with E-state index in [1.165, 1.54) is 6.26 Å². The molecule has 90 valence electrons. The Balaban J connectivity index is 0.000000686. The van der Waals surface area contributed by atoms with Crippen LogP contribution in [0.5, 0.6) is 0 Å². The van der Waals surface area contributed by atoms with E-state index >= 15 is 0 Å². The number of hydrogen-bond donors (Lipinski definition) is 1. The van der Waals surface area contributed by atoms with Gasteiger partial charge in [0.15, 0.2) is 6.29 Å². The minimum atomic E-state index is 0.486. The van der Waals surface area contributed by atoms with E-state index < -0.39 is 0 Å². The maximum Gasteiger partial charge on any atom is 0.155 e. The van der Waals surface area contributed by atoms with E-state index in [0.717, 1.165) is 31.8 Å². The summed E-state index contributed by atoms with van der Waals surface area (Å²) in [4.78, 5) is 10.7. The molecule has 1 aromatic rings. The molecule has 0 atom stereocenters. The molecule has 1 N–H and O–H groups in total. The summed E-state index contributed by atoms with van der Waals surface area (Å²) in [6, 6.07) is 0. The number of aliphatic hydroxyl groups excluding tert-OH is 1.